The molecular formula is C18H19Cl3N2O. The summed E-state index contributed by atoms with van der Waals surface area (Å²) in [5.41, 5.74) is 7.68. The van der Waals surface area contributed by atoms with E-state index in [0.29, 0.717) is 35.2 Å². The van der Waals surface area contributed by atoms with Crippen molar-refractivity contribution in [3.8, 4) is 0 Å². The minimum absolute atomic E-state index is 0. The molecule has 2 N–H and O–H groups in total. The van der Waals surface area contributed by atoms with Crippen LogP contribution in [0, 0.1) is 5.92 Å². The summed E-state index contributed by atoms with van der Waals surface area (Å²) < 4.78 is 0. The molecule has 6 heteroatoms. The standard InChI is InChI=1S/C18H18Cl2N2O.ClH/c19-15-6-13(7-16(20)8-15)18(23)22-10-14(9-21)17(11-22)12-4-2-1-3-5-12;/h1-8,14,17H,9-11,21H2;1H/t14-,17+;/m1./s1. The van der Waals surface area contributed by atoms with Gasteiger partial charge < -0.3 is 10.6 Å². The Labute approximate surface area is 158 Å². The molecule has 2 aromatic carbocycles. The Morgan fingerprint density at radius 3 is 2.29 bits per heavy atom. The van der Waals surface area contributed by atoms with Gasteiger partial charge in [0.15, 0.2) is 0 Å². The van der Waals surface area contributed by atoms with Gasteiger partial charge in [-0.2, -0.15) is 0 Å². The van der Waals surface area contributed by atoms with Crippen molar-refractivity contribution in [2.24, 2.45) is 11.7 Å². The van der Waals surface area contributed by atoms with Crippen LogP contribution in [0.5, 0.6) is 0 Å². The first-order valence-corrected chi connectivity index (χ1v) is 8.34. The fourth-order valence-corrected chi connectivity index (χ4v) is 3.74. The quantitative estimate of drug-likeness (QED) is 0.859. The van der Waals surface area contributed by atoms with Crippen LogP contribution in [0.3, 0.4) is 0 Å². The van der Waals surface area contributed by atoms with Crippen LogP contribution in [0.25, 0.3) is 0 Å². The van der Waals surface area contributed by atoms with Gasteiger partial charge in [0.2, 0.25) is 0 Å². The second-order valence-corrected chi connectivity index (χ2v) is 6.75. The van der Waals surface area contributed by atoms with Crippen LogP contribution in [0.4, 0.5) is 0 Å². The maximum absolute atomic E-state index is 12.8. The molecule has 2 atom stereocenters. The maximum atomic E-state index is 12.8. The lowest BCUT2D eigenvalue weighted by Gasteiger charge is -2.17. The van der Waals surface area contributed by atoms with Crippen LogP contribution >= 0.6 is 35.6 Å². The third kappa shape index (κ3) is 4.04. The molecule has 0 saturated carbocycles. The van der Waals surface area contributed by atoms with E-state index in [-0.39, 0.29) is 30.2 Å². The zero-order chi connectivity index (χ0) is 16.4. The normalized spacial score (nSPS) is 19.9. The van der Waals surface area contributed by atoms with Crippen molar-refractivity contribution in [3.05, 3.63) is 69.7 Å². The van der Waals surface area contributed by atoms with Gasteiger partial charge in [0.1, 0.15) is 0 Å². The van der Waals surface area contributed by atoms with E-state index in [1.807, 2.05) is 23.1 Å². The van der Waals surface area contributed by atoms with E-state index in [1.54, 1.807) is 18.2 Å². The Morgan fingerprint density at radius 1 is 1.08 bits per heavy atom. The molecule has 1 amide bonds. The van der Waals surface area contributed by atoms with Gasteiger partial charge in [-0.15, -0.1) is 12.4 Å². The molecule has 3 nitrogen and oxygen atoms in total. The van der Waals surface area contributed by atoms with Gasteiger partial charge in [-0.25, -0.2) is 0 Å². The highest BCUT2D eigenvalue weighted by Crippen LogP contribution is 2.33. The molecule has 128 valence electrons. The van der Waals surface area contributed by atoms with Crippen molar-refractivity contribution in [1.29, 1.82) is 0 Å². The second-order valence-electron chi connectivity index (χ2n) is 5.88. The van der Waals surface area contributed by atoms with Gasteiger partial charge in [0, 0.05) is 34.6 Å². The minimum Gasteiger partial charge on any atom is -0.338 e. The molecule has 0 bridgehead atoms. The van der Waals surface area contributed by atoms with Crippen LogP contribution < -0.4 is 5.73 Å². The number of nitrogens with zero attached hydrogens (tertiary/aromatic N) is 1. The van der Waals surface area contributed by atoms with Crippen molar-refractivity contribution in [2.45, 2.75) is 5.92 Å². The number of rotatable bonds is 3. The highest BCUT2D eigenvalue weighted by atomic mass is 35.5. The first-order valence-electron chi connectivity index (χ1n) is 7.59. The lowest BCUT2D eigenvalue weighted by molar-refractivity contribution is 0.0786. The average molecular weight is 386 g/mol. The van der Waals surface area contributed by atoms with Gasteiger partial charge in [0.05, 0.1) is 0 Å². The first-order chi connectivity index (χ1) is 11.1. The third-order valence-electron chi connectivity index (χ3n) is 4.37. The van der Waals surface area contributed by atoms with Gasteiger partial charge in [0.25, 0.3) is 5.91 Å². The average Bonchev–Trinajstić information content (AvgIpc) is 2.98. The fourth-order valence-electron chi connectivity index (χ4n) is 3.21. The van der Waals surface area contributed by atoms with E-state index in [9.17, 15) is 4.79 Å². The number of carbonyl (C=O) groups excluding carboxylic acids is 1. The van der Waals surface area contributed by atoms with Crippen LogP contribution in [-0.2, 0) is 0 Å². The van der Waals surface area contributed by atoms with Crippen molar-refractivity contribution in [3.63, 3.8) is 0 Å². The number of halogens is 3. The molecule has 3 rings (SSSR count). The highest BCUT2D eigenvalue weighted by Gasteiger charge is 2.35. The van der Waals surface area contributed by atoms with E-state index in [1.165, 1.54) is 5.56 Å². The Hall–Kier alpha value is -1.26. The van der Waals surface area contributed by atoms with Gasteiger partial charge in [-0.3, -0.25) is 4.79 Å². The van der Waals surface area contributed by atoms with Crippen LogP contribution in [-0.4, -0.2) is 30.4 Å². The maximum Gasteiger partial charge on any atom is 0.253 e. The number of hydrogen-bond donors (Lipinski definition) is 1. The van der Waals surface area contributed by atoms with E-state index in [0.717, 1.165) is 0 Å². The summed E-state index contributed by atoms with van der Waals surface area (Å²) in [6.07, 6.45) is 0. The predicted octanol–water partition coefficient (Wildman–Crippen LogP) is 4.23. The Bertz CT molecular complexity index is 688. The van der Waals surface area contributed by atoms with E-state index in [2.05, 4.69) is 12.1 Å². The van der Waals surface area contributed by atoms with Crippen molar-refractivity contribution < 1.29 is 4.79 Å². The molecule has 0 aliphatic carbocycles. The SMILES string of the molecule is Cl.NC[C@@H]1CN(C(=O)c2cc(Cl)cc(Cl)c2)C[C@H]1c1ccccc1. The molecule has 24 heavy (non-hydrogen) atoms. The molecular weight excluding hydrogens is 367 g/mol. The fraction of sp³-hybridized carbons (Fsp3) is 0.278. The smallest absolute Gasteiger partial charge is 0.253 e. The number of amides is 1. The molecule has 1 fully saturated rings. The molecule has 1 heterocycles. The van der Waals surface area contributed by atoms with Crippen molar-refractivity contribution in [1.82, 2.24) is 4.90 Å². The van der Waals surface area contributed by atoms with E-state index >= 15 is 0 Å². The van der Waals surface area contributed by atoms with Gasteiger partial charge >= 0.3 is 0 Å². The topological polar surface area (TPSA) is 46.3 Å². The lowest BCUT2D eigenvalue weighted by Crippen LogP contribution is -2.29. The number of benzene rings is 2. The minimum atomic E-state index is -0.0497. The van der Waals surface area contributed by atoms with Crippen LogP contribution in [0.15, 0.2) is 48.5 Å². The monoisotopic (exact) mass is 384 g/mol. The Balaban J connectivity index is 0.00000208. The summed E-state index contributed by atoms with van der Waals surface area (Å²) in [6, 6.07) is 15.2. The summed E-state index contributed by atoms with van der Waals surface area (Å²) in [6.45, 7) is 1.87. The number of nitrogens with two attached hydrogens (primary N) is 1. The largest absolute Gasteiger partial charge is 0.338 e. The molecule has 0 spiro atoms. The van der Waals surface area contributed by atoms with Gasteiger partial charge in [-0.1, -0.05) is 53.5 Å². The van der Waals surface area contributed by atoms with Crippen molar-refractivity contribution in [2.75, 3.05) is 19.6 Å². The van der Waals surface area contributed by atoms with Gasteiger partial charge in [-0.05, 0) is 36.2 Å². The molecule has 0 unspecified atom stereocenters. The first kappa shape index (κ1) is 19.1. The van der Waals surface area contributed by atoms with Crippen LogP contribution in [0.2, 0.25) is 10.0 Å². The predicted molar refractivity (Wildman–Crippen MR) is 101 cm³/mol. The molecule has 1 saturated heterocycles. The second kappa shape index (κ2) is 8.21. The molecule has 0 aromatic heterocycles. The number of carbonyl (C=O) groups is 1. The summed E-state index contributed by atoms with van der Waals surface area (Å²) in [4.78, 5) is 14.6. The highest BCUT2D eigenvalue weighted by molar-refractivity contribution is 6.35. The summed E-state index contributed by atoms with van der Waals surface area (Å²) >= 11 is 12.0. The van der Waals surface area contributed by atoms with Crippen molar-refractivity contribution >= 4 is 41.5 Å². The zero-order valence-corrected chi connectivity index (χ0v) is 15.3. The third-order valence-corrected chi connectivity index (χ3v) is 4.80. The summed E-state index contributed by atoms with van der Waals surface area (Å²) in [7, 11) is 0. The molecule has 1 aliphatic rings. The van der Waals surface area contributed by atoms with E-state index < -0.39 is 0 Å². The van der Waals surface area contributed by atoms with E-state index in [4.69, 9.17) is 28.9 Å². The Morgan fingerprint density at radius 2 is 1.71 bits per heavy atom. The summed E-state index contributed by atoms with van der Waals surface area (Å²) in [5.74, 6) is 0.474. The molecule has 2 aromatic rings. The molecule has 1 aliphatic heterocycles. The van der Waals surface area contributed by atoms with Crippen LogP contribution in [0.1, 0.15) is 21.8 Å². The Kier molecular flexibility index (Phi) is 6.53. The number of likely N-dealkylation sites (tertiary alicyclic amines) is 1. The summed E-state index contributed by atoms with van der Waals surface area (Å²) in [5, 5.41) is 0.935. The molecule has 0 radical (unpaired) electrons. The zero-order valence-electron chi connectivity index (χ0n) is 13.0. The number of hydrogen-bond acceptors (Lipinski definition) is 2. The lowest BCUT2D eigenvalue weighted by atomic mass is 9.89.